The topological polar surface area (TPSA) is 83.5 Å². The third kappa shape index (κ3) is 2.66. The van der Waals surface area contributed by atoms with E-state index in [0.29, 0.717) is 6.29 Å². The minimum atomic E-state index is -1.13. The van der Waals surface area contributed by atoms with E-state index in [-0.39, 0.29) is 11.1 Å². The standard InChI is InChI=1S/C11H11NO4/c1-7(11(15)16)12-10(14)9-5-3-2-4-8(9)6-13/h2-7H,1H3,(H,12,14)(H,15,16). The molecule has 1 aromatic carbocycles. The van der Waals surface area contributed by atoms with Crippen LogP contribution in [0.3, 0.4) is 0 Å². The van der Waals surface area contributed by atoms with E-state index in [1.54, 1.807) is 12.1 Å². The van der Waals surface area contributed by atoms with Gasteiger partial charge in [-0.2, -0.15) is 0 Å². The van der Waals surface area contributed by atoms with Crippen LogP contribution >= 0.6 is 0 Å². The van der Waals surface area contributed by atoms with Gasteiger partial charge in [-0.1, -0.05) is 18.2 Å². The number of rotatable bonds is 4. The number of carbonyl (C=O) groups is 3. The number of amides is 1. The third-order valence-electron chi connectivity index (χ3n) is 2.05. The molecule has 1 atom stereocenters. The Morgan fingerprint density at radius 1 is 1.38 bits per heavy atom. The van der Waals surface area contributed by atoms with Crippen LogP contribution in [0.15, 0.2) is 24.3 Å². The van der Waals surface area contributed by atoms with E-state index in [1.807, 2.05) is 0 Å². The van der Waals surface area contributed by atoms with E-state index in [0.717, 1.165) is 0 Å². The second-order valence-electron chi connectivity index (χ2n) is 3.24. The number of carboxylic acid groups (broad SMARTS) is 1. The van der Waals surface area contributed by atoms with E-state index in [1.165, 1.54) is 19.1 Å². The molecule has 1 rings (SSSR count). The molecule has 16 heavy (non-hydrogen) atoms. The third-order valence-corrected chi connectivity index (χ3v) is 2.05. The van der Waals surface area contributed by atoms with E-state index in [9.17, 15) is 14.4 Å². The summed E-state index contributed by atoms with van der Waals surface area (Å²) < 4.78 is 0. The second kappa shape index (κ2) is 5.06. The van der Waals surface area contributed by atoms with Gasteiger partial charge in [-0.05, 0) is 13.0 Å². The summed E-state index contributed by atoms with van der Waals surface area (Å²) in [6.07, 6.45) is 0.556. The van der Waals surface area contributed by atoms with Crippen LogP contribution in [0, 0.1) is 0 Å². The molecular formula is C11H11NO4. The highest BCUT2D eigenvalue weighted by Crippen LogP contribution is 2.06. The van der Waals surface area contributed by atoms with Crippen molar-refractivity contribution in [2.45, 2.75) is 13.0 Å². The summed E-state index contributed by atoms with van der Waals surface area (Å²) in [7, 11) is 0. The molecule has 5 heteroatoms. The summed E-state index contributed by atoms with van der Waals surface area (Å²) in [5.74, 6) is -1.70. The number of aldehydes is 1. The van der Waals surface area contributed by atoms with Crippen LogP contribution in [0.2, 0.25) is 0 Å². The molecule has 0 saturated carbocycles. The summed E-state index contributed by atoms with van der Waals surface area (Å²) >= 11 is 0. The molecule has 0 heterocycles. The van der Waals surface area contributed by atoms with Crippen LogP contribution in [0.5, 0.6) is 0 Å². The Kier molecular flexibility index (Phi) is 3.77. The Hall–Kier alpha value is -2.17. The van der Waals surface area contributed by atoms with Crippen molar-refractivity contribution in [1.82, 2.24) is 5.32 Å². The lowest BCUT2D eigenvalue weighted by molar-refractivity contribution is -0.138. The van der Waals surface area contributed by atoms with Gasteiger partial charge in [0.2, 0.25) is 0 Å². The van der Waals surface area contributed by atoms with E-state index in [4.69, 9.17) is 5.11 Å². The normalized spacial score (nSPS) is 11.6. The Labute approximate surface area is 92.1 Å². The molecule has 5 nitrogen and oxygen atoms in total. The smallest absolute Gasteiger partial charge is 0.325 e. The lowest BCUT2D eigenvalue weighted by Crippen LogP contribution is -2.38. The summed E-state index contributed by atoms with van der Waals surface area (Å²) in [4.78, 5) is 32.8. The first-order chi connectivity index (χ1) is 7.56. The van der Waals surface area contributed by atoms with Crippen molar-refractivity contribution in [2.75, 3.05) is 0 Å². The average Bonchev–Trinajstić information content (AvgIpc) is 2.28. The monoisotopic (exact) mass is 221 g/mol. The van der Waals surface area contributed by atoms with Crippen LogP contribution in [0.25, 0.3) is 0 Å². The molecule has 0 aliphatic heterocycles. The summed E-state index contributed by atoms with van der Waals surface area (Å²) in [6.45, 7) is 1.35. The molecule has 0 saturated heterocycles. The number of aliphatic carboxylic acids is 1. The molecule has 0 spiro atoms. The van der Waals surface area contributed by atoms with Crippen molar-refractivity contribution in [1.29, 1.82) is 0 Å². The average molecular weight is 221 g/mol. The van der Waals surface area contributed by atoms with Gasteiger partial charge < -0.3 is 10.4 Å². The first-order valence-electron chi connectivity index (χ1n) is 4.64. The molecule has 0 aliphatic carbocycles. The zero-order valence-electron chi connectivity index (χ0n) is 8.64. The Bertz CT molecular complexity index is 428. The maximum absolute atomic E-state index is 11.6. The van der Waals surface area contributed by atoms with Crippen molar-refractivity contribution in [3.63, 3.8) is 0 Å². The molecule has 1 aromatic rings. The van der Waals surface area contributed by atoms with Crippen molar-refractivity contribution in [2.24, 2.45) is 0 Å². The minimum absolute atomic E-state index is 0.172. The highest BCUT2D eigenvalue weighted by Gasteiger charge is 2.16. The Morgan fingerprint density at radius 3 is 2.56 bits per heavy atom. The van der Waals surface area contributed by atoms with Crippen LogP contribution in [-0.4, -0.2) is 29.3 Å². The van der Waals surface area contributed by atoms with Crippen molar-refractivity contribution < 1.29 is 19.5 Å². The first kappa shape index (κ1) is 11.9. The number of carbonyl (C=O) groups excluding carboxylic acids is 2. The van der Waals surface area contributed by atoms with Gasteiger partial charge in [0.1, 0.15) is 6.04 Å². The van der Waals surface area contributed by atoms with E-state index >= 15 is 0 Å². The number of hydrogen-bond donors (Lipinski definition) is 2. The molecule has 0 fully saturated rings. The molecule has 1 amide bonds. The number of carboxylic acids is 1. The van der Waals surface area contributed by atoms with Gasteiger partial charge in [-0.3, -0.25) is 14.4 Å². The number of nitrogens with one attached hydrogen (secondary N) is 1. The zero-order chi connectivity index (χ0) is 12.1. The first-order valence-corrected chi connectivity index (χ1v) is 4.64. The van der Waals surface area contributed by atoms with Crippen molar-refractivity contribution in [3.05, 3.63) is 35.4 Å². The van der Waals surface area contributed by atoms with Gasteiger partial charge in [0.15, 0.2) is 6.29 Å². The van der Waals surface area contributed by atoms with Crippen LogP contribution in [0.1, 0.15) is 27.6 Å². The summed E-state index contributed by atoms with van der Waals surface area (Å²) in [5, 5.41) is 10.9. The quantitative estimate of drug-likeness (QED) is 0.733. The SMILES string of the molecule is CC(NC(=O)c1ccccc1C=O)C(=O)O. The maximum Gasteiger partial charge on any atom is 0.325 e. The fraction of sp³-hybridized carbons (Fsp3) is 0.182. The predicted octanol–water partition coefficient (Wildman–Crippen LogP) is 0.702. The fourth-order valence-electron chi connectivity index (χ4n) is 1.14. The van der Waals surface area contributed by atoms with Crippen LogP contribution in [0.4, 0.5) is 0 Å². The fourth-order valence-corrected chi connectivity index (χ4v) is 1.14. The molecule has 2 N–H and O–H groups in total. The molecular weight excluding hydrogens is 210 g/mol. The zero-order valence-corrected chi connectivity index (χ0v) is 8.64. The lowest BCUT2D eigenvalue weighted by Gasteiger charge is -2.10. The van der Waals surface area contributed by atoms with Crippen LogP contribution < -0.4 is 5.32 Å². The van der Waals surface area contributed by atoms with Gasteiger partial charge in [0.05, 0.1) is 0 Å². The van der Waals surface area contributed by atoms with E-state index in [2.05, 4.69) is 5.32 Å². The largest absolute Gasteiger partial charge is 0.480 e. The van der Waals surface area contributed by atoms with Crippen molar-refractivity contribution >= 4 is 18.2 Å². The van der Waals surface area contributed by atoms with Gasteiger partial charge in [-0.15, -0.1) is 0 Å². The van der Waals surface area contributed by atoms with Gasteiger partial charge >= 0.3 is 5.97 Å². The lowest BCUT2D eigenvalue weighted by atomic mass is 10.1. The highest BCUT2D eigenvalue weighted by atomic mass is 16.4. The number of hydrogen-bond acceptors (Lipinski definition) is 3. The molecule has 1 unspecified atom stereocenters. The highest BCUT2D eigenvalue weighted by molar-refractivity contribution is 6.02. The van der Waals surface area contributed by atoms with Crippen LogP contribution in [-0.2, 0) is 4.79 Å². The Morgan fingerprint density at radius 2 is 2.00 bits per heavy atom. The van der Waals surface area contributed by atoms with Gasteiger partial charge in [-0.25, -0.2) is 0 Å². The van der Waals surface area contributed by atoms with Gasteiger partial charge in [0, 0.05) is 11.1 Å². The molecule has 84 valence electrons. The number of benzene rings is 1. The molecule has 0 aliphatic rings. The summed E-state index contributed by atoms with van der Waals surface area (Å²) in [5.41, 5.74) is 0.406. The van der Waals surface area contributed by atoms with E-state index < -0.39 is 17.9 Å². The van der Waals surface area contributed by atoms with Gasteiger partial charge in [0.25, 0.3) is 5.91 Å². The summed E-state index contributed by atoms with van der Waals surface area (Å²) in [6, 6.07) is 5.20. The predicted molar refractivity (Wildman–Crippen MR) is 56.4 cm³/mol. The minimum Gasteiger partial charge on any atom is -0.480 e. The Balaban J connectivity index is 2.88. The second-order valence-corrected chi connectivity index (χ2v) is 3.24. The van der Waals surface area contributed by atoms with Crippen molar-refractivity contribution in [3.8, 4) is 0 Å². The molecule has 0 bridgehead atoms. The maximum atomic E-state index is 11.6. The molecule has 0 aromatic heterocycles. The molecule has 0 radical (unpaired) electrons.